The zero-order chi connectivity index (χ0) is 23.2. The van der Waals surface area contributed by atoms with Crippen LogP contribution >= 0.6 is 11.6 Å². The summed E-state index contributed by atoms with van der Waals surface area (Å²) in [7, 11) is 0. The van der Waals surface area contributed by atoms with Crippen molar-refractivity contribution in [3.05, 3.63) is 40.5 Å². The van der Waals surface area contributed by atoms with Gasteiger partial charge in [-0.1, -0.05) is 17.7 Å². The molecule has 1 atom stereocenters. The van der Waals surface area contributed by atoms with Crippen LogP contribution in [0.15, 0.2) is 24.3 Å². The van der Waals surface area contributed by atoms with Crippen LogP contribution in [0, 0.1) is 12.8 Å². The van der Waals surface area contributed by atoms with E-state index >= 15 is 0 Å². The Hall–Kier alpha value is -2.87. The lowest BCUT2D eigenvalue weighted by atomic mass is 10.1. The zero-order valence-electron chi connectivity index (χ0n) is 18.6. The number of carbonyl (C=O) groups excluding carboxylic acids is 3. The molecule has 1 aromatic heterocycles. The van der Waals surface area contributed by atoms with Gasteiger partial charge in [0, 0.05) is 35.7 Å². The molecule has 1 aliphatic heterocycles. The summed E-state index contributed by atoms with van der Waals surface area (Å²) in [6, 6.07) is 7.11. The number of nitrogens with zero attached hydrogens (tertiary/aromatic N) is 3. The van der Waals surface area contributed by atoms with Gasteiger partial charge in [0.2, 0.25) is 11.8 Å². The van der Waals surface area contributed by atoms with E-state index in [0.717, 1.165) is 28.8 Å². The Morgan fingerprint density at radius 1 is 1.22 bits per heavy atom. The number of halogens is 1. The molecule has 1 saturated heterocycles. The fourth-order valence-electron chi connectivity index (χ4n) is 3.62. The highest BCUT2D eigenvalue weighted by Gasteiger charge is 2.37. The van der Waals surface area contributed by atoms with E-state index in [-0.39, 0.29) is 30.6 Å². The molecule has 1 N–H and O–H groups in total. The minimum Gasteiger partial charge on any atom is -0.442 e. The number of benzene rings is 1. The Kier molecular flexibility index (Phi) is 5.75. The summed E-state index contributed by atoms with van der Waals surface area (Å²) in [5.74, 6) is -0.496. The Morgan fingerprint density at radius 2 is 1.94 bits per heavy atom. The maximum absolute atomic E-state index is 13.0. The topological polar surface area (TPSA) is 93.5 Å². The standard InChI is InChI=1S/C23H27ClN4O4/c1-13-5-8-16(10-17(13)24)27-12-15(9-20(27)29)21(30)25-19-11-18(14-6-7-14)26-28(19)22(31)32-23(2,3)4/h5,8,10-11,14-15H,6-7,9,12H2,1-4H3,(H,25,30). The summed E-state index contributed by atoms with van der Waals surface area (Å²) in [6.45, 7) is 7.43. The molecule has 1 unspecified atom stereocenters. The number of anilines is 2. The van der Waals surface area contributed by atoms with Gasteiger partial charge in [0.25, 0.3) is 0 Å². The number of hydrogen-bond donors (Lipinski definition) is 1. The zero-order valence-corrected chi connectivity index (χ0v) is 19.4. The van der Waals surface area contributed by atoms with E-state index in [1.165, 1.54) is 0 Å². The third kappa shape index (κ3) is 4.80. The van der Waals surface area contributed by atoms with Gasteiger partial charge in [-0.15, -0.1) is 4.68 Å². The SMILES string of the molecule is Cc1ccc(N2CC(C(=O)Nc3cc(C4CC4)nn3C(=O)OC(C)(C)C)CC2=O)cc1Cl. The maximum atomic E-state index is 13.0. The van der Waals surface area contributed by atoms with Crippen molar-refractivity contribution in [1.82, 2.24) is 9.78 Å². The number of nitrogens with one attached hydrogen (secondary N) is 1. The van der Waals surface area contributed by atoms with E-state index in [1.807, 2.05) is 19.1 Å². The van der Waals surface area contributed by atoms with Crippen molar-refractivity contribution < 1.29 is 19.1 Å². The summed E-state index contributed by atoms with van der Waals surface area (Å²) in [6.07, 6.45) is 1.43. The van der Waals surface area contributed by atoms with E-state index in [0.29, 0.717) is 16.6 Å². The molecule has 0 bridgehead atoms. The van der Waals surface area contributed by atoms with Crippen LogP contribution in [0.25, 0.3) is 0 Å². The molecule has 32 heavy (non-hydrogen) atoms. The molecule has 0 spiro atoms. The molecule has 9 heteroatoms. The average molecular weight is 459 g/mol. The lowest BCUT2D eigenvalue weighted by Gasteiger charge is -2.20. The molecular formula is C23H27ClN4O4. The van der Waals surface area contributed by atoms with Crippen LogP contribution in [0.5, 0.6) is 0 Å². The monoisotopic (exact) mass is 458 g/mol. The van der Waals surface area contributed by atoms with Crippen molar-refractivity contribution in [3.63, 3.8) is 0 Å². The summed E-state index contributed by atoms with van der Waals surface area (Å²) in [5.41, 5.74) is 1.64. The minimum atomic E-state index is -0.697. The smallest absolute Gasteiger partial charge is 0.437 e. The fourth-order valence-corrected chi connectivity index (χ4v) is 3.80. The lowest BCUT2D eigenvalue weighted by molar-refractivity contribution is -0.122. The fraction of sp³-hybridized carbons (Fsp3) is 0.478. The average Bonchev–Trinajstić information content (AvgIpc) is 3.34. The van der Waals surface area contributed by atoms with Crippen LogP contribution in [-0.2, 0) is 14.3 Å². The van der Waals surface area contributed by atoms with Crippen molar-refractivity contribution in [2.24, 2.45) is 5.92 Å². The normalized spacial score (nSPS) is 18.7. The molecule has 8 nitrogen and oxygen atoms in total. The van der Waals surface area contributed by atoms with E-state index in [1.54, 1.807) is 37.8 Å². The number of carbonyl (C=O) groups is 3. The first-order chi connectivity index (χ1) is 15.0. The van der Waals surface area contributed by atoms with Gasteiger partial charge in [-0.3, -0.25) is 9.59 Å². The number of aromatic nitrogens is 2. The summed E-state index contributed by atoms with van der Waals surface area (Å²) < 4.78 is 6.54. The lowest BCUT2D eigenvalue weighted by Crippen LogP contribution is -2.31. The quantitative estimate of drug-likeness (QED) is 0.728. The van der Waals surface area contributed by atoms with Gasteiger partial charge in [-0.05, 0) is 58.2 Å². The first-order valence-electron chi connectivity index (χ1n) is 10.7. The summed E-state index contributed by atoms with van der Waals surface area (Å²) in [4.78, 5) is 39.8. The summed E-state index contributed by atoms with van der Waals surface area (Å²) >= 11 is 6.20. The highest BCUT2D eigenvalue weighted by Crippen LogP contribution is 2.40. The van der Waals surface area contributed by atoms with Crippen LogP contribution in [0.4, 0.5) is 16.3 Å². The molecule has 1 aromatic carbocycles. The number of hydrogen-bond acceptors (Lipinski definition) is 5. The first-order valence-corrected chi connectivity index (χ1v) is 11.1. The summed E-state index contributed by atoms with van der Waals surface area (Å²) in [5, 5.41) is 7.72. The largest absolute Gasteiger partial charge is 0.442 e. The van der Waals surface area contributed by atoms with Gasteiger partial charge < -0.3 is 15.0 Å². The van der Waals surface area contributed by atoms with Crippen molar-refractivity contribution in [3.8, 4) is 0 Å². The van der Waals surface area contributed by atoms with E-state index < -0.39 is 17.6 Å². The van der Waals surface area contributed by atoms with Crippen LogP contribution in [0.1, 0.15) is 57.2 Å². The molecule has 1 saturated carbocycles. The Labute approximate surface area is 191 Å². The molecule has 2 heterocycles. The van der Waals surface area contributed by atoms with Crippen molar-refractivity contribution in [2.75, 3.05) is 16.8 Å². The predicted octanol–water partition coefficient (Wildman–Crippen LogP) is 4.50. The molecule has 0 radical (unpaired) electrons. The van der Waals surface area contributed by atoms with Crippen molar-refractivity contribution in [2.45, 2.75) is 58.5 Å². The number of aryl methyl sites for hydroxylation is 1. The molecule has 4 rings (SSSR count). The van der Waals surface area contributed by atoms with Gasteiger partial charge >= 0.3 is 6.09 Å². The molecule has 2 amide bonds. The molecule has 2 aromatic rings. The van der Waals surface area contributed by atoms with E-state index in [9.17, 15) is 14.4 Å². The highest BCUT2D eigenvalue weighted by atomic mass is 35.5. The van der Waals surface area contributed by atoms with Crippen molar-refractivity contribution >= 4 is 41.0 Å². The van der Waals surface area contributed by atoms with Gasteiger partial charge in [0.15, 0.2) is 0 Å². The number of ether oxygens (including phenoxy) is 1. The van der Waals surface area contributed by atoms with E-state index in [2.05, 4.69) is 10.4 Å². The van der Waals surface area contributed by atoms with Gasteiger partial charge in [0.1, 0.15) is 11.4 Å². The second kappa shape index (κ2) is 8.24. The molecule has 170 valence electrons. The molecule has 2 aliphatic rings. The second-order valence-corrected chi connectivity index (χ2v) is 9.86. The number of rotatable bonds is 4. The minimum absolute atomic E-state index is 0.0768. The van der Waals surface area contributed by atoms with Crippen LogP contribution < -0.4 is 10.2 Å². The molecular weight excluding hydrogens is 432 g/mol. The third-order valence-corrected chi connectivity index (χ3v) is 5.91. The van der Waals surface area contributed by atoms with Crippen molar-refractivity contribution in [1.29, 1.82) is 0 Å². The molecule has 1 aliphatic carbocycles. The number of amides is 2. The maximum Gasteiger partial charge on any atom is 0.437 e. The van der Waals surface area contributed by atoms with Gasteiger partial charge in [0.05, 0.1) is 11.6 Å². The van der Waals surface area contributed by atoms with Crippen LogP contribution in [0.3, 0.4) is 0 Å². The van der Waals surface area contributed by atoms with Crippen LogP contribution in [0.2, 0.25) is 5.02 Å². The first kappa shape index (κ1) is 22.3. The third-order valence-electron chi connectivity index (χ3n) is 5.50. The Bertz CT molecular complexity index is 1080. The predicted molar refractivity (Wildman–Crippen MR) is 121 cm³/mol. The molecule has 2 fully saturated rings. The Balaban J connectivity index is 1.50. The van der Waals surface area contributed by atoms with Crippen LogP contribution in [-0.4, -0.2) is 39.8 Å². The van der Waals surface area contributed by atoms with Gasteiger partial charge in [-0.2, -0.15) is 5.10 Å². The second-order valence-electron chi connectivity index (χ2n) is 9.45. The Morgan fingerprint density at radius 3 is 2.56 bits per heavy atom. The van der Waals surface area contributed by atoms with Gasteiger partial charge in [-0.25, -0.2) is 4.79 Å². The highest BCUT2D eigenvalue weighted by molar-refractivity contribution is 6.31. The van der Waals surface area contributed by atoms with E-state index in [4.69, 9.17) is 16.3 Å².